The number of nitrogens with one attached hydrogen (secondary N) is 1. The van der Waals surface area contributed by atoms with Crippen molar-refractivity contribution in [2.45, 2.75) is 13.8 Å². The van der Waals surface area contributed by atoms with E-state index >= 15 is 0 Å². The predicted molar refractivity (Wildman–Crippen MR) is 116 cm³/mol. The zero-order chi connectivity index (χ0) is 19.4. The molecule has 0 radical (unpaired) electrons. The normalized spacial score (nSPS) is 11.7. The average Bonchev–Trinajstić information content (AvgIpc) is 2.66. The number of benzene rings is 2. The lowest BCUT2D eigenvalue weighted by atomic mass is 10.1. The topological polar surface area (TPSA) is 36.1 Å². The minimum absolute atomic E-state index is 0.0122. The maximum Gasteiger partial charge on any atom is 0.288 e. The monoisotopic (exact) mass is 395 g/mol. The summed E-state index contributed by atoms with van der Waals surface area (Å²) in [7, 11) is 0. The van der Waals surface area contributed by atoms with E-state index in [0.29, 0.717) is 21.3 Å². The summed E-state index contributed by atoms with van der Waals surface area (Å²) >= 11 is 11.9. The predicted octanol–water partition coefficient (Wildman–Crippen LogP) is 5.57. The molecule has 2 aromatic carbocycles. The first-order valence-electron chi connectivity index (χ1n) is 8.51. The second-order valence-corrected chi connectivity index (χ2v) is 7.03. The number of anilines is 1. The highest BCUT2D eigenvalue weighted by Crippen LogP contribution is 2.25. The fourth-order valence-corrected chi connectivity index (χ4v) is 3.23. The summed E-state index contributed by atoms with van der Waals surface area (Å²) in [5, 5.41) is 14.7. The summed E-state index contributed by atoms with van der Waals surface area (Å²) in [4.78, 5) is 0.395. The van der Waals surface area contributed by atoms with Gasteiger partial charge in [-0.05, 0) is 49.2 Å². The van der Waals surface area contributed by atoms with Crippen LogP contribution in [0.2, 0.25) is 5.02 Å². The molecule has 0 atom stereocenters. The van der Waals surface area contributed by atoms with E-state index < -0.39 is 0 Å². The van der Waals surface area contributed by atoms with Crippen LogP contribution in [0, 0.1) is 13.8 Å². The van der Waals surface area contributed by atoms with Gasteiger partial charge in [0.15, 0.2) is 17.4 Å². The largest absolute Gasteiger partial charge is 0.502 e. The van der Waals surface area contributed by atoms with Crippen molar-refractivity contribution >= 4 is 46.0 Å². The third kappa shape index (κ3) is 4.35. The number of rotatable bonds is 4. The lowest BCUT2D eigenvalue weighted by molar-refractivity contribution is -0.575. The Kier molecular flexibility index (Phi) is 5.89. The van der Waals surface area contributed by atoms with Crippen molar-refractivity contribution in [2.75, 3.05) is 5.32 Å². The van der Waals surface area contributed by atoms with Crippen molar-refractivity contribution in [1.29, 1.82) is 0 Å². The van der Waals surface area contributed by atoms with Gasteiger partial charge in [0, 0.05) is 23.4 Å². The van der Waals surface area contributed by atoms with Gasteiger partial charge in [0.1, 0.15) is 0 Å². The smallest absolute Gasteiger partial charge is 0.288 e. The first-order chi connectivity index (χ1) is 13.0. The van der Waals surface area contributed by atoms with E-state index in [1.165, 1.54) is 5.56 Å². The average molecular weight is 396 g/mol. The SMILES string of the molecule is Cc1ccc(NC(=S)/C(=C(\O)c2ccccc2Cl)[n+]2ccccc2)cc1C. The molecule has 0 unspecified atom stereocenters. The van der Waals surface area contributed by atoms with Crippen molar-refractivity contribution in [2.24, 2.45) is 0 Å². The molecule has 0 saturated heterocycles. The molecule has 0 bridgehead atoms. The molecule has 2 N–H and O–H groups in total. The number of aryl methyl sites for hydroxylation is 2. The molecular weight excluding hydrogens is 376 g/mol. The van der Waals surface area contributed by atoms with E-state index in [1.54, 1.807) is 16.7 Å². The quantitative estimate of drug-likeness (QED) is 0.262. The van der Waals surface area contributed by atoms with Crippen LogP contribution in [0.4, 0.5) is 5.69 Å². The van der Waals surface area contributed by atoms with Gasteiger partial charge in [0.2, 0.25) is 5.76 Å². The van der Waals surface area contributed by atoms with Crippen LogP contribution >= 0.6 is 23.8 Å². The molecule has 0 saturated carbocycles. The maximum absolute atomic E-state index is 11.0. The van der Waals surface area contributed by atoms with Gasteiger partial charge in [-0.25, -0.2) is 0 Å². The fraction of sp³-hybridized carbons (Fsp3) is 0.0909. The molecule has 0 aliphatic carbocycles. The second kappa shape index (κ2) is 8.33. The molecule has 3 nitrogen and oxygen atoms in total. The van der Waals surface area contributed by atoms with Crippen LogP contribution in [0.3, 0.4) is 0 Å². The van der Waals surface area contributed by atoms with Gasteiger partial charge in [-0.1, -0.05) is 48.1 Å². The van der Waals surface area contributed by atoms with Crippen molar-refractivity contribution in [3.05, 3.63) is 94.8 Å². The summed E-state index contributed by atoms with van der Waals surface area (Å²) in [6.07, 6.45) is 3.66. The molecule has 5 heteroatoms. The highest BCUT2D eigenvalue weighted by Gasteiger charge is 2.24. The van der Waals surface area contributed by atoms with Crippen LogP contribution < -0.4 is 9.88 Å². The van der Waals surface area contributed by atoms with Crippen LogP contribution in [0.1, 0.15) is 16.7 Å². The van der Waals surface area contributed by atoms with Crippen LogP contribution in [-0.4, -0.2) is 10.1 Å². The molecular formula is C22H20ClN2OS+. The highest BCUT2D eigenvalue weighted by molar-refractivity contribution is 7.81. The Morgan fingerprint density at radius 3 is 2.33 bits per heavy atom. The van der Waals surface area contributed by atoms with Crippen molar-refractivity contribution in [1.82, 2.24) is 0 Å². The molecule has 3 rings (SSSR count). The lowest BCUT2D eigenvalue weighted by Gasteiger charge is -2.12. The summed E-state index contributed by atoms with van der Waals surface area (Å²) < 4.78 is 1.77. The number of aromatic nitrogens is 1. The van der Waals surface area contributed by atoms with E-state index in [4.69, 9.17) is 23.8 Å². The van der Waals surface area contributed by atoms with Gasteiger partial charge in [0.25, 0.3) is 5.70 Å². The number of aliphatic hydroxyl groups excluding tert-OH is 1. The molecule has 1 heterocycles. The van der Waals surface area contributed by atoms with Gasteiger partial charge >= 0.3 is 0 Å². The summed E-state index contributed by atoms with van der Waals surface area (Å²) in [5.74, 6) is 0.0122. The van der Waals surface area contributed by atoms with E-state index in [1.807, 2.05) is 67.8 Å². The van der Waals surface area contributed by atoms with E-state index in [2.05, 4.69) is 12.2 Å². The fourth-order valence-electron chi connectivity index (χ4n) is 2.69. The van der Waals surface area contributed by atoms with Gasteiger partial charge in [0.05, 0.1) is 5.02 Å². The number of aliphatic hydroxyl groups is 1. The molecule has 0 aliphatic rings. The zero-order valence-electron chi connectivity index (χ0n) is 15.1. The Morgan fingerprint density at radius 1 is 0.963 bits per heavy atom. The summed E-state index contributed by atoms with van der Waals surface area (Å²) in [5.41, 5.74) is 4.21. The maximum atomic E-state index is 11.0. The number of hydrogen-bond donors (Lipinski definition) is 2. The minimum Gasteiger partial charge on any atom is -0.502 e. The van der Waals surface area contributed by atoms with Crippen molar-refractivity contribution in [3.8, 4) is 0 Å². The minimum atomic E-state index is 0.0122. The second-order valence-electron chi connectivity index (χ2n) is 6.21. The molecule has 0 aliphatic heterocycles. The van der Waals surface area contributed by atoms with Crippen LogP contribution in [0.5, 0.6) is 0 Å². The summed E-state index contributed by atoms with van der Waals surface area (Å²) in [6, 6.07) is 18.8. The molecule has 3 aromatic rings. The number of thiocarbonyl (C=S) groups is 1. The molecule has 0 fully saturated rings. The lowest BCUT2D eigenvalue weighted by Crippen LogP contribution is -2.38. The Balaban J connectivity index is 2.07. The van der Waals surface area contributed by atoms with Gasteiger partial charge in [-0.2, -0.15) is 4.57 Å². The van der Waals surface area contributed by atoms with E-state index in [-0.39, 0.29) is 5.76 Å². The molecule has 1 aromatic heterocycles. The molecule has 136 valence electrons. The van der Waals surface area contributed by atoms with Crippen LogP contribution in [0.25, 0.3) is 11.5 Å². The van der Waals surface area contributed by atoms with Crippen LogP contribution in [0.15, 0.2) is 73.1 Å². The van der Waals surface area contributed by atoms with Crippen molar-refractivity contribution in [3.63, 3.8) is 0 Å². The third-order valence-corrected chi connectivity index (χ3v) is 4.93. The Morgan fingerprint density at radius 2 is 1.67 bits per heavy atom. The Hall–Kier alpha value is -2.69. The molecule has 0 spiro atoms. The Bertz CT molecular complexity index is 1020. The third-order valence-electron chi connectivity index (χ3n) is 4.31. The first-order valence-corrected chi connectivity index (χ1v) is 9.29. The van der Waals surface area contributed by atoms with Crippen LogP contribution in [-0.2, 0) is 0 Å². The zero-order valence-corrected chi connectivity index (χ0v) is 16.7. The number of nitrogens with zero attached hydrogens (tertiary/aromatic N) is 1. The Labute approximate surface area is 169 Å². The van der Waals surface area contributed by atoms with Gasteiger partial charge in [-0.3, -0.25) is 0 Å². The number of halogens is 1. The number of hydrogen-bond acceptors (Lipinski definition) is 2. The highest BCUT2D eigenvalue weighted by atomic mass is 35.5. The van der Waals surface area contributed by atoms with Gasteiger partial charge in [-0.15, -0.1) is 0 Å². The standard InChI is InChI=1S/C22H19ClN2OS/c1-15-10-11-17(14-16(15)2)24-22(27)20(25-12-6-3-7-13-25)21(26)18-8-4-5-9-19(18)23/h3-14H,1-2H3,(H-,24,26,27)/p+1. The number of pyridine rings is 1. The van der Waals surface area contributed by atoms with Gasteiger partial charge < -0.3 is 10.4 Å². The van der Waals surface area contributed by atoms with E-state index in [0.717, 1.165) is 11.3 Å². The first kappa shape index (κ1) is 19.1. The molecule has 0 amide bonds. The summed E-state index contributed by atoms with van der Waals surface area (Å²) in [6.45, 7) is 4.11. The molecule has 27 heavy (non-hydrogen) atoms. The van der Waals surface area contributed by atoms with E-state index in [9.17, 15) is 5.11 Å². The van der Waals surface area contributed by atoms with Crippen molar-refractivity contribution < 1.29 is 9.67 Å².